The van der Waals surface area contributed by atoms with Gasteiger partial charge in [-0.3, -0.25) is 9.79 Å². The first-order valence-electron chi connectivity index (χ1n) is 11.2. The predicted molar refractivity (Wildman–Crippen MR) is 135 cm³/mol. The second-order valence-electron chi connectivity index (χ2n) is 8.02. The Hall–Kier alpha value is -3.60. The molecule has 1 atom stereocenters. The van der Waals surface area contributed by atoms with Crippen LogP contribution in [-0.2, 0) is 4.79 Å². The first kappa shape index (κ1) is 24.1. The minimum Gasteiger partial charge on any atom is -0.497 e. The molecule has 0 bridgehead atoms. The number of carbonyl (C=O) groups excluding carboxylic acids is 1. The predicted octanol–water partition coefficient (Wildman–Crippen LogP) is 5.38. The van der Waals surface area contributed by atoms with Crippen molar-refractivity contribution in [3.05, 3.63) is 89.5 Å². The maximum absolute atomic E-state index is 12.4. The second kappa shape index (κ2) is 12.4. The van der Waals surface area contributed by atoms with Crippen molar-refractivity contribution in [2.75, 3.05) is 20.8 Å². The van der Waals surface area contributed by atoms with Crippen LogP contribution >= 0.6 is 0 Å². The summed E-state index contributed by atoms with van der Waals surface area (Å²) < 4.78 is 10.8. The molecule has 0 saturated heterocycles. The van der Waals surface area contributed by atoms with Gasteiger partial charge in [0, 0.05) is 18.3 Å². The van der Waals surface area contributed by atoms with Gasteiger partial charge in [0.15, 0.2) is 0 Å². The fourth-order valence-corrected chi connectivity index (χ4v) is 3.71. The van der Waals surface area contributed by atoms with Gasteiger partial charge in [0.25, 0.3) is 0 Å². The van der Waals surface area contributed by atoms with E-state index in [0.717, 1.165) is 54.0 Å². The van der Waals surface area contributed by atoms with Crippen molar-refractivity contribution in [2.45, 2.75) is 32.2 Å². The smallest absolute Gasteiger partial charge is 0.244 e. The Morgan fingerprint density at radius 2 is 1.76 bits per heavy atom. The minimum atomic E-state index is -0.0993. The molecule has 1 amide bonds. The van der Waals surface area contributed by atoms with E-state index >= 15 is 0 Å². The number of hydrogen-bond donors (Lipinski definition) is 1. The van der Waals surface area contributed by atoms with Gasteiger partial charge in [0.05, 0.1) is 20.8 Å². The number of benzene rings is 2. The summed E-state index contributed by atoms with van der Waals surface area (Å²) in [7, 11) is 3.30. The summed E-state index contributed by atoms with van der Waals surface area (Å²) in [5.41, 5.74) is 4.32. The molecule has 0 saturated carbocycles. The number of aliphatic imine (C=N–C) groups is 1. The summed E-state index contributed by atoms with van der Waals surface area (Å²) in [5.74, 6) is 1.45. The Balaban J connectivity index is 1.67. The SMILES string of the molecule is COc1cccc(C(=C/C=C/C(=O)N[C@H](C)CCCC2=CC=NC2)c2cccc(OC)c2)c1. The molecular formula is C28H32N2O3. The van der Waals surface area contributed by atoms with Gasteiger partial charge in [0.1, 0.15) is 11.5 Å². The molecular weight excluding hydrogens is 412 g/mol. The molecule has 2 aromatic rings. The number of methoxy groups -OCH3 is 2. The van der Waals surface area contributed by atoms with Gasteiger partial charge in [-0.25, -0.2) is 0 Å². The average molecular weight is 445 g/mol. The summed E-state index contributed by atoms with van der Waals surface area (Å²) >= 11 is 0. The van der Waals surface area contributed by atoms with Gasteiger partial charge >= 0.3 is 0 Å². The third kappa shape index (κ3) is 7.49. The van der Waals surface area contributed by atoms with Crippen LogP contribution in [0.3, 0.4) is 0 Å². The largest absolute Gasteiger partial charge is 0.497 e. The highest BCUT2D eigenvalue weighted by atomic mass is 16.5. The monoisotopic (exact) mass is 444 g/mol. The second-order valence-corrected chi connectivity index (χ2v) is 8.02. The molecule has 0 aromatic heterocycles. The van der Waals surface area contributed by atoms with Gasteiger partial charge in [-0.15, -0.1) is 0 Å². The van der Waals surface area contributed by atoms with Crippen LogP contribution in [0.5, 0.6) is 11.5 Å². The van der Waals surface area contributed by atoms with E-state index in [4.69, 9.17) is 9.47 Å². The maximum atomic E-state index is 12.4. The van der Waals surface area contributed by atoms with Crippen LogP contribution in [-0.4, -0.2) is 38.9 Å². The molecule has 1 N–H and O–H groups in total. The number of nitrogens with one attached hydrogen (secondary N) is 1. The zero-order valence-corrected chi connectivity index (χ0v) is 19.6. The Kier molecular flexibility index (Phi) is 9.07. The van der Waals surface area contributed by atoms with Crippen molar-refractivity contribution in [1.29, 1.82) is 0 Å². The molecule has 0 radical (unpaired) electrons. The average Bonchev–Trinajstić information content (AvgIpc) is 3.35. The van der Waals surface area contributed by atoms with E-state index in [0.29, 0.717) is 0 Å². The highest BCUT2D eigenvalue weighted by molar-refractivity contribution is 5.89. The topological polar surface area (TPSA) is 59.9 Å². The normalized spacial score (nSPS) is 13.5. The van der Waals surface area contributed by atoms with Crippen LogP contribution in [0.4, 0.5) is 0 Å². The number of nitrogens with zero attached hydrogens (tertiary/aromatic N) is 1. The van der Waals surface area contributed by atoms with E-state index < -0.39 is 0 Å². The van der Waals surface area contributed by atoms with Crippen molar-refractivity contribution < 1.29 is 14.3 Å². The Labute approximate surface area is 196 Å². The number of rotatable bonds is 11. The summed E-state index contributed by atoms with van der Waals surface area (Å²) in [6, 6.07) is 15.8. The number of hydrogen-bond acceptors (Lipinski definition) is 4. The van der Waals surface area contributed by atoms with Crippen molar-refractivity contribution in [3.8, 4) is 11.5 Å². The molecule has 0 spiro atoms. The van der Waals surface area contributed by atoms with Crippen molar-refractivity contribution in [1.82, 2.24) is 5.32 Å². The zero-order chi connectivity index (χ0) is 23.5. The number of allylic oxidation sites excluding steroid dienone is 3. The fraction of sp³-hybridized carbons (Fsp3) is 0.286. The van der Waals surface area contributed by atoms with Crippen LogP contribution in [0, 0.1) is 0 Å². The lowest BCUT2D eigenvalue weighted by atomic mass is 9.97. The summed E-state index contributed by atoms with van der Waals surface area (Å²) in [6.45, 7) is 2.86. The molecule has 0 unspecified atom stereocenters. The lowest BCUT2D eigenvalue weighted by Crippen LogP contribution is -2.30. The van der Waals surface area contributed by atoms with Crippen molar-refractivity contribution in [2.24, 2.45) is 4.99 Å². The minimum absolute atomic E-state index is 0.0993. The molecule has 1 heterocycles. The van der Waals surface area contributed by atoms with Crippen LogP contribution in [0.2, 0.25) is 0 Å². The van der Waals surface area contributed by atoms with Gasteiger partial charge < -0.3 is 14.8 Å². The van der Waals surface area contributed by atoms with E-state index in [1.165, 1.54) is 5.57 Å². The number of amides is 1. The van der Waals surface area contributed by atoms with E-state index in [1.807, 2.05) is 67.7 Å². The van der Waals surface area contributed by atoms with E-state index in [2.05, 4.69) is 16.4 Å². The molecule has 2 aromatic carbocycles. The van der Waals surface area contributed by atoms with Crippen LogP contribution < -0.4 is 14.8 Å². The zero-order valence-electron chi connectivity index (χ0n) is 19.6. The Bertz CT molecular complexity index is 1020. The molecule has 1 aliphatic heterocycles. The van der Waals surface area contributed by atoms with E-state index in [-0.39, 0.29) is 11.9 Å². The molecule has 5 nitrogen and oxygen atoms in total. The third-order valence-electron chi connectivity index (χ3n) is 5.51. The summed E-state index contributed by atoms with van der Waals surface area (Å²) in [4.78, 5) is 16.6. The van der Waals surface area contributed by atoms with Gasteiger partial charge in [-0.2, -0.15) is 0 Å². The highest BCUT2D eigenvalue weighted by Crippen LogP contribution is 2.28. The molecule has 3 rings (SSSR count). The van der Waals surface area contributed by atoms with Crippen LogP contribution in [0.1, 0.15) is 37.3 Å². The third-order valence-corrected chi connectivity index (χ3v) is 5.51. The Morgan fingerprint density at radius 3 is 2.33 bits per heavy atom. The number of ether oxygens (including phenoxy) is 2. The summed E-state index contributed by atoms with van der Waals surface area (Å²) in [5, 5.41) is 3.05. The quantitative estimate of drug-likeness (QED) is 0.374. The van der Waals surface area contributed by atoms with E-state index in [1.54, 1.807) is 26.4 Å². The fourth-order valence-electron chi connectivity index (χ4n) is 3.71. The lowest BCUT2D eigenvalue weighted by molar-refractivity contribution is -0.117. The van der Waals surface area contributed by atoms with E-state index in [9.17, 15) is 4.79 Å². The number of carbonyl (C=O) groups is 1. The van der Waals surface area contributed by atoms with Gasteiger partial charge in [-0.1, -0.05) is 36.4 Å². The first-order valence-corrected chi connectivity index (χ1v) is 11.2. The van der Waals surface area contributed by atoms with Crippen LogP contribution in [0.25, 0.3) is 5.57 Å². The van der Waals surface area contributed by atoms with Crippen molar-refractivity contribution >= 4 is 17.7 Å². The molecule has 172 valence electrons. The van der Waals surface area contributed by atoms with Gasteiger partial charge in [-0.05, 0) is 78.8 Å². The maximum Gasteiger partial charge on any atom is 0.244 e. The molecule has 33 heavy (non-hydrogen) atoms. The standard InChI is InChI=1S/C28H32N2O3/c1-21(8-4-9-22-16-17-29-20-22)30-28(31)15-7-14-27(23-10-5-12-25(18-23)32-2)24-11-6-13-26(19-24)33-3/h5-7,10-19,21H,4,8-9,20H2,1-3H3,(H,30,31)/b15-7+/t21-/m1/s1. The Morgan fingerprint density at radius 1 is 1.09 bits per heavy atom. The summed E-state index contributed by atoms with van der Waals surface area (Å²) in [6.07, 6.45) is 12.3. The molecule has 1 aliphatic rings. The molecule has 0 fully saturated rings. The van der Waals surface area contributed by atoms with Gasteiger partial charge in [0.2, 0.25) is 5.91 Å². The van der Waals surface area contributed by atoms with Crippen molar-refractivity contribution in [3.63, 3.8) is 0 Å². The van der Waals surface area contributed by atoms with Crippen LogP contribution in [0.15, 0.2) is 83.4 Å². The molecule has 0 aliphatic carbocycles. The molecule has 5 heteroatoms. The first-order chi connectivity index (χ1) is 16.1. The highest BCUT2D eigenvalue weighted by Gasteiger charge is 2.09. The lowest BCUT2D eigenvalue weighted by Gasteiger charge is -2.12.